The number of piperazine rings is 1. The minimum Gasteiger partial charge on any atom is -0.353 e. The molecule has 5 rings (SSSR count). The second-order valence-electron chi connectivity index (χ2n) is 7.21. The topological polar surface area (TPSA) is 62.5 Å². The van der Waals surface area contributed by atoms with E-state index in [-0.39, 0.29) is 0 Å². The zero-order chi connectivity index (χ0) is 17.7. The van der Waals surface area contributed by atoms with Crippen molar-refractivity contribution in [2.24, 2.45) is 0 Å². The lowest BCUT2D eigenvalue weighted by Gasteiger charge is -2.37. The molecule has 1 fully saturated rings. The quantitative estimate of drug-likeness (QED) is 0.705. The van der Waals surface area contributed by atoms with Crippen molar-refractivity contribution in [3.63, 3.8) is 0 Å². The summed E-state index contributed by atoms with van der Waals surface area (Å²) in [7, 11) is 0. The van der Waals surface area contributed by atoms with E-state index in [0.29, 0.717) is 0 Å². The third kappa shape index (κ3) is 2.50. The molecule has 0 spiro atoms. The third-order valence-electron chi connectivity index (χ3n) is 5.39. The normalized spacial score (nSPS) is 17.2. The van der Waals surface area contributed by atoms with Crippen LogP contribution in [0.2, 0.25) is 0 Å². The zero-order valence-corrected chi connectivity index (χ0v) is 15.3. The van der Waals surface area contributed by atoms with Gasteiger partial charge in [0.05, 0.1) is 5.69 Å². The summed E-state index contributed by atoms with van der Waals surface area (Å²) < 4.78 is 1.92. The van der Waals surface area contributed by atoms with E-state index < -0.39 is 0 Å². The van der Waals surface area contributed by atoms with Crippen molar-refractivity contribution in [1.82, 2.24) is 24.6 Å². The molecule has 0 amide bonds. The molecule has 0 saturated carbocycles. The minimum absolute atomic E-state index is 0.893. The van der Waals surface area contributed by atoms with Crippen LogP contribution < -0.4 is 9.80 Å². The van der Waals surface area contributed by atoms with Crippen molar-refractivity contribution in [2.75, 3.05) is 36.0 Å². The maximum atomic E-state index is 4.79. The number of rotatable bonds is 2. The Labute approximate surface area is 152 Å². The van der Waals surface area contributed by atoms with E-state index >= 15 is 0 Å². The number of aryl methyl sites for hydroxylation is 3. The van der Waals surface area contributed by atoms with E-state index in [4.69, 9.17) is 4.98 Å². The van der Waals surface area contributed by atoms with Crippen LogP contribution in [0.3, 0.4) is 0 Å². The summed E-state index contributed by atoms with van der Waals surface area (Å²) >= 11 is 0. The molecule has 2 aliphatic rings. The van der Waals surface area contributed by atoms with Crippen molar-refractivity contribution in [3.05, 3.63) is 41.2 Å². The molecule has 3 aromatic rings. The summed E-state index contributed by atoms with van der Waals surface area (Å²) in [6.45, 7) is 7.82. The Bertz CT molecular complexity index is 969. The molecule has 134 valence electrons. The largest absolute Gasteiger partial charge is 0.353 e. The predicted octanol–water partition coefficient (Wildman–Crippen LogP) is 1.95. The molecule has 7 heteroatoms. The van der Waals surface area contributed by atoms with E-state index in [1.165, 1.54) is 17.7 Å². The second-order valence-corrected chi connectivity index (χ2v) is 7.21. The van der Waals surface area contributed by atoms with Gasteiger partial charge in [-0.15, -0.1) is 0 Å². The predicted molar refractivity (Wildman–Crippen MR) is 101 cm³/mol. The second kappa shape index (κ2) is 5.93. The van der Waals surface area contributed by atoms with Gasteiger partial charge in [0.15, 0.2) is 5.82 Å². The monoisotopic (exact) mass is 349 g/mol. The number of aromatic nitrogens is 5. The Balaban J connectivity index is 1.40. The van der Waals surface area contributed by atoms with Crippen LogP contribution in [-0.2, 0) is 12.8 Å². The van der Waals surface area contributed by atoms with E-state index in [1.807, 2.05) is 30.8 Å². The third-order valence-corrected chi connectivity index (χ3v) is 5.39. The molecule has 0 aromatic carbocycles. The van der Waals surface area contributed by atoms with E-state index in [2.05, 4.69) is 30.9 Å². The number of fused-ring (bicyclic) bond motifs is 2. The Hall–Kier alpha value is -2.70. The average molecular weight is 349 g/mol. The summed E-state index contributed by atoms with van der Waals surface area (Å²) in [5.41, 5.74) is 4.73. The Kier molecular flexibility index (Phi) is 3.55. The van der Waals surface area contributed by atoms with E-state index in [9.17, 15) is 0 Å². The van der Waals surface area contributed by atoms with E-state index in [0.717, 1.165) is 67.7 Å². The molecule has 7 nitrogen and oxygen atoms in total. The van der Waals surface area contributed by atoms with Gasteiger partial charge >= 0.3 is 0 Å². The summed E-state index contributed by atoms with van der Waals surface area (Å²) in [6.07, 6.45) is 7.16. The van der Waals surface area contributed by atoms with Gasteiger partial charge < -0.3 is 9.80 Å². The lowest BCUT2D eigenvalue weighted by atomic mass is 10.2. The van der Waals surface area contributed by atoms with Gasteiger partial charge in [0, 0.05) is 49.8 Å². The summed E-state index contributed by atoms with van der Waals surface area (Å²) in [5, 5.41) is 4.50. The van der Waals surface area contributed by atoms with Gasteiger partial charge in [-0.1, -0.05) is 0 Å². The van der Waals surface area contributed by atoms with Gasteiger partial charge in [-0.25, -0.2) is 19.5 Å². The molecule has 1 aliphatic carbocycles. The maximum absolute atomic E-state index is 4.79. The first-order valence-corrected chi connectivity index (χ1v) is 9.36. The molecular formula is C19H23N7. The van der Waals surface area contributed by atoms with Gasteiger partial charge in [-0.3, -0.25) is 0 Å². The highest BCUT2D eigenvalue weighted by atomic mass is 15.3. The summed E-state index contributed by atoms with van der Waals surface area (Å²) in [6, 6.07) is 2.11. The average Bonchev–Trinajstić information content (AvgIpc) is 3.26. The Morgan fingerprint density at radius 3 is 2.50 bits per heavy atom. The van der Waals surface area contributed by atoms with Crippen LogP contribution in [0.4, 0.5) is 11.6 Å². The van der Waals surface area contributed by atoms with Crippen LogP contribution in [0.1, 0.15) is 29.2 Å². The van der Waals surface area contributed by atoms with Crippen LogP contribution >= 0.6 is 0 Å². The molecule has 4 heterocycles. The van der Waals surface area contributed by atoms with Crippen LogP contribution in [0.5, 0.6) is 0 Å². The Morgan fingerprint density at radius 2 is 1.69 bits per heavy atom. The lowest BCUT2D eigenvalue weighted by Crippen LogP contribution is -2.47. The number of hydrogen-bond acceptors (Lipinski definition) is 6. The van der Waals surface area contributed by atoms with Gasteiger partial charge in [-0.05, 0) is 39.2 Å². The van der Waals surface area contributed by atoms with Crippen LogP contribution in [0.15, 0.2) is 18.5 Å². The molecular weight excluding hydrogens is 326 g/mol. The highest BCUT2D eigenvalue weighted by Gasteiger charge is 2.26. The highest BCUT2D eigenvalue weighted by molar-refractivity contribution is 5.69. The standard InChI is InChI=1S/C19H23N7/c1-13-12-17-19(20-6-7-26(17)23-13)25-10-8-24(9-11-25)18-15-4-3-5-16(15)21-14(2)22-18/h6-7,12H,3-5,8-11H2,1-2H3. The number of anilines is 2. The molecule has 1 aliphatic heterocycles. The van der Waals surface area contributed by atoms with Crippen molar-refractivity contribution >= 4 is 17.2 Å². The Morgan fingerprint density at radius 1 is 0.923 bits per heavy atom. The fourth-order valence-electron chi connectivity index (χ4n) is 4.20. The van der Waals surface area contributed by atoms with Gasteiger partial charge in [0.1, 0.15) is 17.2 Å². The fourth-order valence-corrected chi connectivity index (χ4v) is 4.20. The molecule has 3 aromatic heterocycles. The summed E-state index contributed by atoms with van der Waals surface area (Å²) in [4.78, 5) is 18.9. The van der Waals surface area contributed by atoms with Gasteiger partial charge in [-0.2, -0.15) is 5.10 Å². The van der Waals surface area contributed by atoms with Gasteiger partial charge in [0.2, 0.25) is 0 Å². The molecule has 0 radical (unpaired) electrons. The fraction of sp³-hybridized carbons (Fsp3) is 0.474. The molecule has 0 bridgehead atoms. The van der Waals surface area contributed by atoms with Crippen LogP contribution in [0, 0.1) is 13.8 Å². The molecule has 0 N–H and O–H groups in total. The van der Waals surface area contributed by atoms with Crippen LogP contribution in [-0.4, -0.2) is 50.7 Å². The van der Waals surface area contributed by atoms with Gasteiger partial charge in [0.25, 0.3) is 0 Å². The smallest absolute Gasteiger partial charge is 0.154 e. The van der Waals surface area contributed by atoms with Crippen molar-refractivity contribution in [3.8, 4) is 0 Å². The van der Waals surface area contributed by atoms with Crippen molar-refractivity contribution in [1.29, 1.82) is 0 Å². The molecule has 1 saturated heterocycles. The summed E-state index contributed by atoms with van der Waals surface area (Å²) in [5.74, 6) is 3.08. The SMILES string of the molecule is Cc1cc2c(N3CCN(c4nc(C)nc5c4CCC5)CC3)nccn2n1. The zero-order valence-electron chi connectivity index (χ0n) is 15.3. The number of hydrogen-bond donors (Lipinski definition) is 0. The first-order valence-electron chi connectivity index (χ1n) is 9.36. The highest BCUT2D eigenvalue weighted by Crippen LogP contribution is 2.30. The van der Waals surface area contributed by atoms with Crippen LogP contribution in [0.25, 0.3) is 5.52 Å². The minimum atomic E-state index is 0.893. The van der Waals surface area contributed by atoms with E-state index in [1.54, 1.807) is 0 Å². The maximum Gasteiger partial charge on any atom is 0.154 e. The molecule has 0 atom stereocenters. The van der Waals surface area contributed by atoms with Crippen molar-refractivity contribution in [2.45, 2.75) is 33.1 Å². The van der Waals surface area contributed by atoms with Crippen molar-refractivity contribution < 1.29 is 0 Å². The molecule has 0 unspecified atom stereocenters. The molecule has 26 heavy (non-hydrogen) atoms. The first-order chi connectivity index (χ1) is 12.7. The lowest BCUT2D eigenvalue weighted by molar-refractivity contribution is 0.637. The first kappa shape index (κ1) is 15.5. The number of nitrogens with zero attached hydrogens (tertiary/aromatic N) is 7.